The third kappa shape index (κ3) is 5.62. The third-order valence-electron chi connectivity index (χ3n) is 1.73. The standard InChI is InChI=1S/C11H15ClO3/c12-8-10(13)9-14-6-7-15-11-4-2-1-3-5-11/h1-5,10,13H,6-9H2. The van der Waals surface area contributed by atoms with Crippen LogP contribution in [-0.2, 0) is 4.74 Å². The molecule has 1 unspecified atom stereocenters. The van der Waals surface area contributed by atoms with E-state index in [1.54, 1.807) is 0 Å². The van der Waals surface area contributed by atoms with Gasteiger partial charge in [-0.1, -0.05) is 18.2 Å². The van der Waals surface area contributed by atoms with Gasteiger partial charge in [-0.05, 0) is 12.1 Å². The zero-order chi connectivity index (χ0) is 10.9. The summed E-state index contributed by atoms with van der Waals surface area (Å²) in [7, 11) is 0. The fourth-order valence-corrected chi connectivity index (χ4v) is 1.09. The Morgan fingerprint density at radius 1 is 1.20 bits per heavy atom. The predicted octanol–water partition coefficient (Wildman–Crippen LogP) is 1.68. The second kappa shape index (κ2) is 7.51. The minimum atomic E-state index is -0.594. The summed E-state index contributed by atoms with van der Waals surface area (Å²) in [5.41, 5.74) is 0. The van der Waals surface area contributed by atoms with Gasteiger partial charge in [0.2, 0.25) is 0 Å². The molecule has 0 aliphatic heterocycles. The van der Waals surface area contributed by atoms with Crippen molar-refractivity contribution >= 4 is 11.6 Å². The molecule has 1 aromatic rings. The molecule has 0 spiro atoms. The maximum absolute atomic E-state index is 9.08. The van der Waals surface area contributed by atoms with Crippen molar-refractivity contribution in [3.8, 4) is 5.75 Å². The highest BCUT2D eigenvalue weighted by atomic mass is 35.5. The van der Waals surface area contributed by atoms with Crippen LogP contribution in [0.25, 0.3) is 0 Å². The van der Waals surface area contributed by atoms with Crippen molar-refractivity contribution in [1.29, 1.82) is 0 Å². The molecule has 1 aromatic carbocycles. The van der Waals surface area contributed by atoms with Crippen molar-refractivity contribution in [2.75, 3.05) is 25.7 Å². The van der Waals surface area contributed by atoms with Crippen LogP contribution in [0.2, 0.25) is 0 Å². The number of benzene rings is 1. The number of ether oxygens (including phenoxy) is 2. The van der Waals surface area contributed by atoms with E-state index >= 15 is 0 Å². The summed E-state index contributed by atoms with van der Waals surface area (Å²) in [4.78, 5) is 0. The summed E-state index contributed by atoms with van der Waals surface area (Å²) < 4.78 is 10.5. The normalized spacial score (nSPS) is 12.4. The Morgan fingerprint density at radius 2 is 1.93 bits per heavy atom. The van der Waals surface area contributed by atoms with Gasteiger partial charge >= 0.3 is 0 Å². The highest BCUT2D eigenvalue weighted by Crippen LogP contribution is 2.07. The van der Waals surface area contributed by atoms with Crippen molar-refractivity contribution in [3.05, 3.63) is 30.3 Å². The van der Waals surface area contributed by atoms with Crippen LogP contribution >= 0.6 is 11.6 Å². The molecule has 0 saturated heterocycles. The Kier molecular flexibility index (Phi) is 6.16. The molecule has 0 radical (unpaired) electrons. The van der Waals surface area contributed by atoms with E-state index in [0.29, 0.717) is 13.2 Å². The molecular formula is C11H15ClO3. The number of rotatable bonds is 7. The maximum Gasteiger partial charge on any atom is 0.119 e. The highest BCUT2D eigenvalue weighted by molar-refractivity contribution is 6.18. The van der Waals surface area contributed by atoms with E-state index < -0.39 is 6.10 Å². The summed E-state index contributed by atoms with van der Waals surface area (Å²) in [6, 6.07) is 9.52. The van der Waals surface area contributed by atoms with Gasteiger partial charge in [-0.15, -0.1) is 11.6 Å². The van der Waals surface area contributed by atoms with Gasteiger partial charge in [-0.3, -0.25) is 0 Å². The van der Waals surface area contributed by atoms with Gasteiger partial charge in [0.25, 0.3) is 0 Å². The smallest absolute Gasteiger partial charge is 0.119 e. The predicted molar refractivity (Wildman–Crippen MR) is 59.5 cm³/mol. The molecule has 1 rings (SSSR count). The van der Waals surface area contributed by atoms with Crippen LogP contribution in [0.15, 0.2) is 30.3 Å². The lowest BCUT2D eigenvalue weighted by atomic mass is 10.3. The third-order valence-corrected chi connectivity index (χ3v) is 2.08. The quantitative estimate of drug-likeness (QED) is 0.572. The number of aliphatic hydroxyl groups is 1. The summed E-state index contributed by atoms with van der Waals surface area (Å²) in [6.07, 6.45) is -0.594. The molecule has 84 valence electrons. The van der Waals surface area contributed by atoms with Gasteiger partial charge in [0.15, 0.2) is 0 Å². The Hall–Kier alpha value is -0.770. The number of aliphatic hydroxyl groups excluding tert-OH is 1. The first-order valence-electron chi connectivity index (χ1n) is 4.82. The minimum Gasteiger partial charge on any atom is -0.491 e. The van der Waals surface area contributed by atoms with Crippen LogP contribution < -0.4 is 4.74 Å². The fraction of sp³-hybridized carbons (Fsp3) is 0.455. The number of hydrogen-bond acceptors (Lipinski definition) is 3. The number of halogens is 1. The summed E-state index contributed by atoms with van der Waals surface area (Å²) in [5.74, 6) is 1.01. The Balaban J connectivity index is 2.03. The monoisotopic (exact) mass is 230 g/mol. The first-order chi connectivity index (χ1) is 7.33. The molecule has 1 N–H and O–H groups in total. The lowest BCUT2D eigenvalue weighted by Gasteiger charge is -2.09. The largest absolute Gasteiger partial charge is 0.491 e. The molecule has 4 heteroatoms. The Labute approximate surface area is 94.6 Å². The Morgan fingerprint density at radius 3 is 2.60 bits per heavy atom. The fourth-order valence-electron chi connectivity index (χ4n) is 0.999. The van der Waals surface area contributed by atoms with E-state index in [1.165, 1.54) is 0 Å². The number of hydrogen-bond donors (Lipinski definition) is 1. The highest BCUT2D eigenvalue weighted by Gasteiger charge is 2.00. The molecule has 0 amide bonds. The summed E-state index contributed by atoms with van der Waals surface area (Å²) >= 11 is 5.40. The SMILES string of the molecule is OC(CCl)COCCOc1ccccc1. The van der Waals surface area contributed by atoms with E-state index in [9.17, 15) is 0 Å². The number of alkyl halides is 1. The van der Waals surface area contributed by atoms with E-state index in [4.69, 9.17) is 26.2 Å². The van der Waals surface area contributed by atoms with E-state index in [1.807, 2.05) is 30.3 Å². The topological polar surface area (TPSA) is 38.7 Å². The average molecular weight is 231 g/mol. The second-order valence-electron chi connectivity index (χ2n) is 3.04. The maximum atomic E-state index is 9.08. The zero-order valence-corrected chi connectivity index (χ0v) is 9.19. The molecule has 0 aromatic heterocycles. The van der Waals surface area contributed by atoms with Crippen molar-refractivity contribution in [2.24, 2.45) is 0 Å². The number of para-hydroxylation sites is 1. The van der Waals surface area contributed by atoms with Crippen LogP contribution in [0, 0.1) is 0 Å². The zero-order valence-electron chi connectivity index (χ0n) is 8.43. The van der Waals surface area contributed by atoms with Gasteiger partial charge in [0.05, 0.1) is 25.2 Å². The van der Waals surface area contributed by atoms with Crippen LogP contribution in [0.4, 0.5) is 0 Å². The molecule has 15 heavy (non-hydrogen) atoms. The Bertz CT molecular complexity index is 253. The second-order valence-corrected chi connectivity index (χ2v) is 3.35. The molecule has 1 atom stereocenters. The van der Waals surface area contributed by atoms with Gasteiger partial charge in [-0.2, -0.15) is 0 Å². The van der Waals surface area contributed by atoms with Crippen LogP contribution in [-0.4, -0.2) is 36.9 Å². The van der Waals surface area contributed by atoms with Crippen molar-refractivity contribution < 1.29 is 14.6 Å². The summed E-state index contributed by atoms with van der Waals surface area (Å²) in [6.45, 7) is 1.17. The molecule has 0 aliphatic rings. The van der Waals surface area contributed by atoms with Gasteiger partial charge in [0, 0.05) is 0 Å². The first kappa shape index (κ1) is 12.3. The molecule has 0 heterocycles. The van der Waals surface area contributed by atoms with Gasteiger partial charge in [-0.25, -0.2) is 0 Å². The van der Waals surface area contributed by atoms with Crippen LogP contribution in [0.5, 0.6) is 5.75 Å². The first-order valence-corrected chi connectivity index (χ1v) is 5.36. The van der Waals surface area contributed by atoms with Crippen LogP contribution in [0.1, 0.15) is 0 Å². The van der Waals surface area contributed by atoms with E-state index in [-0.39, 0.29) is 12.5 Å². The average Bonchev–Trinajstić information content (AvgIpc) is 2.29. The van der Waals surface area contributed by atoms with Crippen molar-refractivity contribution in [3.63, 3.8) is 0 Å². The van der Waals surface area contributed by atoms with E-state index in [2.05, 4.69) is 0 Å². The van der Waals surface area contributed by atoms with Gasteiger partial charge in [0.1, 0.15) is 12.4 Å². The lowest BCUT2D eigenvalue weighted by Crippen LogP contribution is -2.19. The molecule has 0 saturated carbocycles. The molecule has 3 nitrogen and oxygen atoms in total. The summed E-state index contributed by atoms with van der Waals surface area (Å²) in [5, 5.41) is 9.08. The van der Waals surface area contributed by atoms with Crippen LogP contribution in [0.3, 0.4) is 0 Å². The molecule has 0 aliphatic carbocycles. The lowest BCUT2D eigenvalue weighted by molar-refractivity contribution is 0.0343. The molecule has 0 bridgehead atoms. The molecule has 0 fully saturated rings. The van der Waals surface area contributed by atoms with Crippen molar-refractivity contribution in [1.82, 2.24) is 0 Å². The van der Waals surface area contributed by atoms with Crippen molar-refractivity contribution in [2.45, 2.75) is 6.10 Å². The van der Waals surface area contributed by atoms with E-state index in [0.717, 1.165) is 5.75 Å². The van der Waals surface area contributed by atoms with Gasteiger partial charge < -0.3 is 14.6 Å². The molecular weight excluding hydrogens is 216 g/mol. The minimum absolute atomic E-state index is 0.194.